The number of nitrogens with zero attached hydrogens (tertiary/aromatic N) is 1. The second kappa shape index (κ2) is 6.07. The molecule has 0 aromatic heterocycles. The molecule has 116 valence electrons. The van der Waals surface area contributed by atoms with Crippen molar-refractivity contribution in [2.24, 2.45) is 0 Å². The van der Waals surface area contributed by atoms with Gasteiger partial charge in [0.05, 0.1) is 11.8 Å². The number of carbonyl (C=O) groups excluding carboxylic acids is 1. The van der Waals surface area contributed by atoms with E-state index in [0.29, 0.717) is 19.4 Å². The van der Waals surface area contributed by atoms with E-state index < -0.39 is 33.6 Å². The van der Waals surface area contributed by atoms with Crippen molar-refractivity contribution in [3.63, 3.8) is 0 Å². The number of rotatable bonds is 3. The molecule has 2 rings (SSSR count). The van der Waals surface area contributed by atoms with Crippen LogP contribution in [0.3, 0.4) is 0 Å². The third-order valence-electron chi connectivity index (χ3n) is 3.36. The summed E-state index contributed by atoms with van der Waals surface area (Å²) in [5, 5.41) is 2.55. The Morgan fingerprint density at radius 1 is 1.38 bits per heavy atom. The number of benzene rings is 1. The van der Waals surface area contributed by atoms with Gasteiger partial charge in [-0.15, -0.1) is 0 Å². The third kappa shape index (κ3) is 3.98. The molecule has 5 nitrogen and oxygen atoms in total. The fourth-order valence-corrected chi connectivity index (χ4v) is 3.21. The van der Waals surface area contributed by atoms with Crippen LogP contribution in [0.25, 0.3) is 0 Å². The maximum atomic E-state index is 13.5. The summed E-state index contributed by atoms with van der Waals surface area (Å²) in [7, 11) is -3.33. The summed E-state index contributed by atoms with van der Waals surface area (Å²) in [6, 6.07) is 2.22. The quantitative estimate of drug-likeness (QED) is 0.908. The second-order valence-electron chi connectivity index (χ2n) is 5.06. The first-order chi connectivity index (χ1) is 9.77. The first-order valence-corrected chi connectivity index (χ1v) is 8.33. The van der Waals surface area contributed by atoms with E-state index in [2.05, 4.69) is 5.32 Å². The zero-order valence-corrected chi connectivity index (χ0v) is 12.3. The molecule has 1 amide bonds. The lowest BCUT2D eigenvalue weighted by Crippen LogP contribution is -2.49. The van der Waals surface area contributed by atoms with Gasteiger partial charge in [-0.3, -0.25) is 4.79 Å². The number of amides is 1. The summed E-state index contributed by atoms with van der Waals surface area (Å²) in [6.45, 7) is 0.543. The molecule has 1 heterocycles. The molecule has 0 aliphatic carbocycles. The number of nitrogens with one attached hydrogen (secondary N) is 1. The topological polar surface area (TPSA) is 66.5 Å². The molecule has 0 spiro atoms. The molecule has 1 N–H and O–H groups in total. The molecule has 1 unspecified atom stereocenters. The van der Waals surface area contributed by atoms with E-state index in [1.807, 2.05) is 0 Å². The van der Waals surface area contributed by atoms with Gasteiger partial charge in [-0.25, -0.2) is 21.5 Å². The van der Waals surface area contributed by atoms with Gasteiger partial charge in [0.2, 0.25) is 10.0 Å². The zero-order valence-electron chi connectivity index (χ0n) is 11.5. The predicted molar refractivity (Wildman–Crippen MR) is 73.3 cm³/mol. The van der Waals surface area contributed by atoms with Gasteiger partial charge in [0.1, 0.15) is 11.6 Å². The van der Waals surface area contributed by atoms with Gasteiger partial charge in [0.15, 0.2) is 0 Å². The van der Waals surface area contributed by atoms with E-state index >= 15 is 0 Å². The minimum absolute atomic E-state index is 0.140. The summed E-state index contributed by atoms with van der Waals surface area (Å²) in [6.07, 6.45) is 2.29. The van der Waals surface area contributed by atoms with Crippen molar-refractivity contribution in [1.82, 2.24) is 9.62 Å². The molecule has 0 radical (unpaired) electrons. The SMILES string of the molecule is CS(=O)(=O)N1CCCC(NC(=O)c2cc(F)ccc2F)C1. The molecule has 1 aromatic carbocycles. The van der Waals surface area contributed by atoms with Gasteiger partial charge in [0, 0.05) is 19.1 Å². The summed E-state index contributed by atoms with van der Waals surface area (Å²) in [5.74, 6) is -2.26. The van der Waals surface area contributed by atoms with Gasteiger partial charge in [-0.1, -0.05) is 0 Å². The molecule has 0 bridgehead atoms. The van der Waals surface area contributed by atoms with Crippen molar-refractivity contribution in [2.45, 2.75) is 18.9 Å². The Kier molecular flexibility index (Phi) is 4.58. The first kappa shape index (κ1) is 15.8. The van der Waals surface area contributed by atoms with Crippen molar-refractivity contribution in [1.29, 1.82) is 0 Å². The number of piperidine rings is 1. The van der Waals surface area contributed by atoms with Crippen LogP contribution in [-0.4, -0.2) is 44.0 Å². The van der Waals surface area contributed by atoms with Crippen LogP contribution in [0, 0.1) is 11.6 Å². The molecule has 1 aliphatic rings. The molecule has 1 aromatic rings. The number of sulfonamides is 1. The Morgan fingerprint density at radius 3 is 2.76 bits per heavy atom. The highest BCUT2D eigenvalue weighted by Crippen LogP contribution is 2.15. The fraction of sp³-hybridized carbons (Fsp3) is 0.462. The molecule has 21 heavy (non-hydrogen) atoms. The van der Waals surface area contributed by atoms with Gasteiger partial charge >= 0.3 is 0 Å². The van der Waals surface area contributed by atoms with E-state index in [4.69, 9.17) is 0 Å². The maximum Gasteiger partial charge on any atom is 0.254 e. The minimum atomic E-state index is -3.33. The summed E-state index contributed by atoms with van der Waals surface area (Å²) < 4.78 is 50.8. The van der Waals surface area contributed by atoms with Crippen LogP contribution in [0.5, 0.6) is 0 Å². The Morgan fingerprint density at radius 2 is 2.10 bits per heavy atom. The van der Waals surface area contributed by atoms with Crippen molar-refractivity contribution < 1.29 is 22.0 Å². The highest BCUT2D eigenvalue weighted by molar-refractivity contribution is 7.88. The molecule has 1 fully saturated rings. The fourth-order valence-electron chi connectivity index (χ4n) is 2.30. The predicted octanol–water partition coefficient (Wildman–Crippen LogP) is 1.12. The molecular formula is C13H16F2N2O3S. The largest absolute Gasteiger partial charge is 0.348 e. The van der Waals surface area contributed by atoms with E-state index in [1.165, 1.54) is 4.31 Å². The van der Waals surface area contributed by atoms with Crippen LogP contribution in [0.4, 0.5) is 8.78 Å². The Balaban J connectivity index is 2.07. The van der Waals surface area contributed by atoms with Crippen molar-refractivity contribution >= 4 is 15.9 Å². The van der Waals surface area contributed by atoms with Crippen molar-refractivity contribution in [3.05, 3.63) is 35.4 Å². The number of carbonyl (C=O) groups is 1. The lowest BCUT2D eigenvalue weighted by Gasteiger charge is -2.31. The standard InChI is InChI=1S/C13H16F2N2O3S/c1-21(19,20)17-6-2-3-10(8-17)16-13(18)11-7-9(14)4-5-12(11)15/h4-5,7,10H,2-3,6,8H2,1H3,(H,16,18). The van der Waals surface area contributed by atoms with Crippen molar-refractivity contribution in [3.8, 4) is 0 Å². The number of halogens is 2. The normalized spacial score (nSPS) is 20.2. The monoisotopic (exact) mass is 318 g/mol. The van der Waals surface area contributed by atoms with Crippen LogP contribution in [0.15, 0.2) is 18.2 Å². The molecule has 1 saturated heterocycles. The smallest absolute Gasteiger partial charge is 0.254 e. The van der Waals surface area contributed by atoms with Crippen LogP contribution in [0.1, 0.15) is 23.2 Å². The average molecular weight is 318 g/mol. The van der Waals surface area contributed by atoms with Crippen LogP contribution < -0.4 is 5.32 Å². The highest BCUT2D eigenvalue weighted by atomic mass is 32.2. The minimum Gasteiger partial charge on any atom is -0.348 e. The van der Waals surface area contributed by atoms with Gasteiger partial charge in [0.25, 0.3) is 5.91 Å². The lowest BCUT2D eigenvalue weighted by molar-refractivity contribution is 0.0917. The molecule has 0 saturated carbocycles. The van der Waals surface area contributed by atoms with Gasteiger partial charge < -0.3 is 5.32 Å². The Labute approximate surface area is 122 Å². The molecule has 1 atom stereocenters. The third-order valence-corrected chi connectivity index (χ3v) is 4.63. The van der Waals surface area contributed by atoms with E-state index in [9.17, 15) is 22.0 Å². The first-order valence-electron chi connectivity index (χ1n) is 6.48. The van der Waals surface area contributed by atoms with Gasteiger partial charge in [-0.05, 0) is 31.0 Å². The Bertz CT molecular complexity index is 649. The highest BCUT2D eigenvalue weighted by Gasteiger charge is 2.27. The van der Waals surface area contributed by atoms with E-state index in [-0.39, 0.29) is 12.1 Å². The average Bonchev–Trinajstić information content (AvgIpc) is 2.41. The molecule has 1 aliphatic heterocycles. The summed E-state index contributed by atoms with van der Waals surface area (Å²) in [4.78, 5) is 12.0. The lowest BCUT2D eigenvalue weighted by atomic mass is 10.1. The zero-order chi connectivity index (χ0) is 15.6. The van der Waals surface area contributed by atoms with E-state index in [0.717, 1.165) is 24.5 Å². The van der Waals surface area contributed by atoms with E-state index in [1.54, 1.807) is 0 Å². The molecule has 8 heteroatoms. The molecular weight excluding hydrogens is 302 g/mol. The van der Waals surface area contributed by atoms with Gasteiger partial charge in [-0.2, -0.15) is 0 Å². The summed E-state index contributed by atoms with van der Waals surface area (Å²) >= 11 is 0. The Hall–Kier alpha value is -1.54. The van der Waals surface area contributed by atoms with Crippen LogP contribution in [0.2, 0.25) is 0 Å². The van der Waals surface area contributed by atoms with Crippen molar-refractivity contribution in [2.75, 3.05) is 19.3 Å². The summed E-state index contributed by atoms with van der Waals surface area (Å²) in [5.41, 5.74) is -0.383. The maximum absolute atomic E-state index is 13.5. The van der Waals surface area contributed by atoms with Crippen LogP contribution in [-0.2, 0) is 10.0 Å². The van der Waals surface area contributed by atoms with Crippen LogP contribution >= 0.6 is 0 Å². The second-order valence-corrected chi connectivity index (χ2v) is 7.04. The number of hydrogen-bond acceptors (Lipinski definition) is 3. The number of hydrogen-bond donors (Lipinski definition) is 1.